The number of hydrogen-bond acceptors (Lipinski definition) is 3. The number of nitrogens with zero attached hydrogens (tertiary/aromatic N) is 1. The van der Waals surface area contributed by atoms with Gasteiger partial charge in [0.2, 0.25) is 0 Å². The minimum absolute atomic E-state index is 0.0705. The number of aliphatic hydroxyl groups excluding tert-OH is 1. The normalized spacial score (nSPS) is 12.4. The number of hydrogen-bond donors (Lipinski definition) is 1. The van der Waals surface area contributed by atoms with E-state index >= 15 is 0 Å². The van der Waals surface area contributed by atoms with Crippen molar-refractivity contribution < 1.29 is 10.0 Å². The first-order valence-electron chi connectivity index (χ1n) is 6.93. The highest BCUT2D eigenvalue weighted by Crippen LogP contribution is 2.27. The van der Waals surface area contributed by atoms with Gasteiger partial charge < -0.3 is 5.11 Å². The number of nitro benzene ring substituents is 1. The zero-order valence-corrected chi connectivity index (χ0v) is 12.4. The van der Waals surface area contributed by atoms with E-state index in [1.165, 1.54) is 11.6 Å². The third-order valence-corrected chi connectivity index (χ3v) is 3.65. The first-order valence-corrected chi connectivity index (χ1v) is 6.93. The Morgan fingerprint density at radius 1 is 1.00 bits per heavy atom. The van der Waals surface area contributed by atoms with E-state index in [1.807, 2.05) is 24.3 Å². The summed E-state index contributed by atoms with van der Waals surface area (Å²) in [6.07, 6.45) is -0.772. The molecule has 0 amide bonds. The molecule has 110 valence electrons. The predicted octanol–water partition coefficient (Wildman–Crippen LogP) is 4.11. The Morgan fingerprint density at radius 3 is 2.00 bits per heavy atom. The summed E-state index contributed by atoms with van der Waals surface area (Å²) in [6, 6.07) is 12.5. The lowest BCUT2D eigenvalue weighted by atomic mass is 9.96. The van der Waals surface area contributed by atoms with E-state index in [4.69, 9.17) is 0 Å². The molecule has 0 saturated heterocycles. The Balaban J connectivity index is 2.29. The standard InChI is InChI=1S/C17H19NO3/c1-11(2)13-4-6-14(7-5-13)17(19)15-8-9-16(18(20)21)12(3)10-15/h4-11,17,19H,1-3H3/t17-/m1/s1. The Labute approximate surface area is 124 Å². The van der Waals surface area contributed by atoms with Gasteiger partial charge in [0.05, 0.1) is 4.92 Å². The maximum atomic E-state index is 10.8. The van der Waals surface area contributed by atoms with Gasteiger partial charge in [-0.25, -0.2) is 0 Å². The molecule has 1 N–H and O–H groups in total. The fraction of sp³-hybridized carbons (Fsp3) is 0.294. The second-order valence-corrected chi connectivity index (χ2v) is 5.53. The van der Waals surface area contributed by atoms with Crippen LogP contribution in [0.4, 0.5) is 5.69 Å². The smallest absolute Gasteiger partial charge is 0.272 e. The van der Waals surface area contributed by atoms with Crippen molar-refractivity contribution in [3.63, 3.8) is 0 Å². The highest BCUT2D eigenvalue weighted by Gasteiger charge is 2.15. The summed E-state index contributed by atoms with van der Waals surface area (Å²) >= 11 is 0. The van der Waals surface area contributed by atoms with Gasteiger partial charge in [0, 0.05) is 11.6 Å². The third-order valence-electron chi connectivity index (χ3n) is 3.65. The molecule has 0 radical (unpaired) electrons. The van der Waals surface area contributed by atoms with Gasteiger partial charge in [0.1, 0.15) is 6.10 Å². The molecule has 2 rings (SSSR count). The second kappa shape index (κ2) is 6.06. The van der Waals surface area contributed by atoms with Crippen molar-refractivity contribution in [1.82, 2.24) is 0 Å². The van der Waals surface area contributed by atoms with Crippen LogP contribution in [0.3, 0.4) is 0 Å². The molecule has 0 aliphatic heterocycles. The number of rotatable bonds is 4. The first-order chi connectivity index (χ1) is 9.90. The van der Waals surface area contributed by atoms with Crippen molar-refractivity contribution in [1.29, 1.82) is 0 Å². The van der Waals surface area contributed by atoms with Crippen LogP contribution in [0.15, 0.2) is 42.5 Å². The van der Waals surface area contributed by atoms with Crippen LogP contribution in [0, 0.1) is 17.0 Å². The molecule has 2 aromatic rings. The van der Waals surface area contributed by atoms with Crippen LogP contribution in [-0.2, 0) is 0 Å². The molecule has 4 nitrogen and oxygen atoms in total. The lowest BCUT2D eigenvalue weighted by Gasteiger charge is -2.14. The summed E-state index contributed by atoms with van der Waals surface area (Å²) in [5.74, 6) is 0.442. The molecule has 2 aromatic carbocycles. The summed E-state index contributed by atoms with van der Waals surface area (Å²) in [7, 11) is 0. The number of aliphatic hydroxyl groups is 1. The number of benzene rings is 2. The van der Waals surface area contributed by atoms with Crippen LogP contribution in [0.25, 0.3) is 0 Å². The molecule has 0 fully saturated rings. The van der Waals surface area contributed by atoms with Crippen LogP contribution in [0.1, 0.15) is 48.1 Å². The van der Waals surface area contributed by atoms with Crippen LogP contribution in [0.5, 0.6) is 0 Å². The maximum absolute atomic E-state index is 10.8. The zero-order chi connectivity index (χ0) is 15.6. The molecule has 0 bridgehead atoms. The number of nitro groups is 1. The summed E-state index contributed by atoms with van der Waals surface area (Å²) in [6.45, 7) is 5.91. The SMILES string of the molecule is Cc1cc([C@H](O)c2ccc(C(C)C)cc2)ccc1[N+](=O)[O-]. The van der Waals surface area contributed by atoms with E-state index in [0.717, 1.165) is 5.56 Å². The molecule has 0 aliphatic carbocycles. The molecule has 4 heteroatoms. The lowest BCUT2D eigenvalue weighted by Crippen LogP contribution is -2.02. The van der Waals surface area contributed by atoms with Gasteiger partial charge in [-0.15, -0.1) is 0 Å². The summed E-state index contributed by atoms with van der Waals surface area (Å²) < 4.78 is 0. The Kier molecular flexibility index (Phi) is 4.38. The van der Waals surface area contributed by atoms with E-state index in [0.29, 0.717) is 17.0 Å². The van der Waals surface area contributed by atoms with E-state index in [9.17, 15) is 15.2 Å². The predicted molar refractivity (Wildman–Crippen MR) is 82.4 cm³/mol. The molecule has 0 saturated carbocycles. The molecule has 21 heavy (non-hydrogen) atoms. The Hall–Kier alpha value is -2.20. The van der Waals surface area contributed by atoms with Crippen molar-refractivity contribution in [2.24, 2.45) is 0 Å². The van der Waals surface area contributed by atoms with Crippen LogP contribution < -0.4 is 0 Å². The molecule has 0 spiro atoms. The Morgan fingerprint density at radius 2 is 1.52 bits per heavy atom. The fourth-order valence-corrected chi connectivity index (χ4v) is 2.31. The Bertz CT molecular complexity index is 648. The largest absolute Gasteiger partial charge is 0.384 e. The molecular weight excluding hydrogens is 266 g/mol. The van der Waals surface area contributed by atoms with Crippen molar-refractivity contribution in [3.05, 3.63) is 74.8 Å². The monoisotopic (exact) mass is 285 g/mol. The van der Waals surface area contributed by atoms with Crippen molar-refractivity contribution >= 4 is 5.69 Å². The molecule has 0 aliphatic rings. The fourth-order valence-electron chi connectivity index (χ4n) is 2.31. The van der Waals surface area contributed by atoms with E-state index < -0.39 is 11.0 Å². The van der Waals surface area contributed by atoms with Gasteiger partial charge in [-0.2, -0.15) is 0 Å². The zero-order valence-electron chi connectivity index (χ0n) is 12.4. The van der Waals surface area contributed by atoms with Crippen LogP contribution >= 0.6 is 0 Å². The molecular formula is C17H19NO3. The molecule has 1 atom stereocenters. The van der Waals surface area contributed by atoms with Gasteiger partial charge in [-0.1, -0.05) is 38.1 Å². The van der Waals surface area contributed by atoms with Crippen LogP contribution in [-0.4, -0.2) is 10.0 Å². The summed E-state index contributed by atoms with van der Waals surface area (Å²) in [5.41, 5.74) is 3.28. The minimum atomic E-state index is -0.772. The van der Waals surface area contributed by atoms with Gasteiger partial charge in [-0.3, -0.25) is 10.1 Å². The highest BCUT2D eigenvalue weighted by molar-refractivity contribution is 5.44. The minimum Gasteiger partial charge on any atom is -0.384 e. The van der Waals surface area contributed by atoms with Crippen LogP contribution in [0.2, 0.25) is 0 Å². The van der Waals surface area contributed by atoms with E-state index in [-0.39, 0.29) is 5.69 Å². The van der Waals surface area contributed by atoms with Gasteiger partial charge in [0.15, 0.2) is 0 Å². The van der Waals surface area contributed by atoms with Gasteiger partial charge in [0.25, 0.3) is 5.69 Å². The quantitative estimate of drug-likeness (QED) is 0.679. The third kappa shape index (κ3) is 3.28. The second-order valence-electron chi connectivity index (χ2n) is 5.53. The van der Waals surface area contributed by atoms with E-state index in [1.54, 1.807) is 19.1 Å². The highest BCUT2D eigenvalue weighted by atomic mass is 16.6. The van der Waals surface area contributed by atoms with Crippen molar-refractivity contribution in [2.45, 2.75) is 32.8 Å². The topological polar surface area (TPSA) is 63.4 Å². The molecule has 0 aromatic heterocycles. The van der Waals surface area contributed by atoms with Crippen molar-refractivity contribution in [3.8, 4) is 0 Å². The average molecular weight is 285 g/mol. The summed E-state index contributed by atoms with van der Waals surface area (Å²) in [4.78, 5) is 10.4. The average Bonchev–Trinajstić information content (AvgIpc) is 2.46. The van der Waals surface area contributed by atoms with Gasteiger partial charge in [-0.05, 0) is 41.7 Å². The first kappa shape index (κ1) is 15.2. The van der Waals surface area contributed by atoms with Crippen molar-refractivity contribution in [2.75, 3.05) is 0 Å². The number of aryl methyl sites for hydroxylation is 1. The lowest BCUT2D eigenvalue weighted by molar-refractivity contribution is -0.385. The maximum Gasteiger partial charge on any atom is 0.272 e. The van der Waals surface area contributed by atoms with E-state index in [2.05, 4.69) is 13.8 Å². The molecule has 0 heterocycles. The molecule has 0 unspecified atom stereocenters. The summed E-state index contributed by atoms with van der Waals surface area (Å²) in [5, 5.41) is 21.2. The van der Waals surface area contributed by atoms with Gasteiger partial charge >= 0.3 is 0 Å².